The van der Waals surface area contributed by atoms with Gasteiger partial charge in [-0.05, 0) is 166 Å². The monoisotopic (exact) mass is 1110 g/mol. The van der Waals surface area contributed by atoms with E-state index in [1.165, 1.54) is 0 Å². The van der Waals surface area contributed by atoms with Crippen molar-refractivity contribution in [2.24, 2.45) is 0 Å². The second kappa shape index (κ2) is 24.3. The number of hydrogen-bond acceptors (Lipinski definition) is 10. The van der Waals surface area contributed by atoms with Crippen LogP contribution in [0.1, 0.15) is 112 Å². The number of methoxy groups -OCH3 is 2. The standard InChI is InChI=1S/2C29H42N4O3SSi/c1-20-15-21(2)26(25(16-20)35-7)29(6,32-37(34)28(3,4)5)27-31-23-17-22(18-30)11-12-24(23)33(27)19-36-13-14-38(8,9)10;1-20-15-21(2)26(25(16-20)35-7)29(6,32-37(34)28(3,4)5)27-31-23-12-11-22(18-30)17-24(23)33(27)19-36-13-14-38(8,9)10/h2*11-12,15-17,32H,13-14,19H2,1-10H3. The number of nitrogens with zero attached hydrogens (tertiary/aromatic N) is 6. The molecule has 0 aliphatic rings. The molecule has 0 fully saturated rings. The van der Waals surface area contributed by atoms with Gasteiger partial charge in [0.05, 0.1) is 91.0 Å². The molecule has 76 heavy (non-hydrogen) atoms. The van der Waals surface area contributed by atoms with Crippen molar-refractivity contribution in [3.05, 3.63) is 117 Å². The van der Waals surface area contributed by atoms with E-state index in [0.717, 1.165) is 62.0 Å². The molecule has 14 nitrogen and oxygen atoms in total. The van der Waals surface area contributed by atoms with Crippen LogP contribution in [0.2, 0.25) is 51.4 Å². The van der Waals surface area contributed by atoms with Gasteiger partial charge < -0.3 is 28.1 Å². The number of rotatable bonds is 20. The summed E-state index contributed by atoms with van der Waals surface area (Å²) in [5.74, 6) is 2.69. The van der Waals surface area contributed by atoms with Crippen LogP contribution in [0.5, 0.6) is 11.5 Å². The second-order valence-corrected chi connectivity index (χ2v) is 39.8. The van der Waals surface area contributed by atoms with E-state index in [9.17, 15) is 18.9 Å². The summed E-state index contributed by atoms with van der Waals surface area (Å²) in [6.45, 7) is 39.6. The molecule has 2 heterocycles. The van der Waals surface area contributed by atoms with Gasteiger partial charge in [-0.2, -0.15) is 10.5 Å². The molecule has 2 aromatic heterocycles. The molecule has 412 valence electrons. The molecule has 4 aromatic carbocycles. The first kappa shape index (κ1) is 61.8. The summed E-state index contributed by atoms with van der Waals surface area (Å²) in [6.07, 6.45) is 0. The van der Waals surface area contributed by atoms with Gasteiger partial charge in [-0.1, -0.05) is 51.4 Å². The summed E-state index contributed by atoms with van der Waals surface area (Å²) >= 11 is 0. The smallest absolute Gasteiger partial charge is 0.137 e. The molecule has 2 N–H and O–H groups in total. The predicted molar refractivity (Wildman–Crippen MR) is 317 cm³/mol. The van der Waals surface area contributed by atoms with Crippen LogP contribution in [0.4, 0.5) is 0 Å². The van der Waals surface area contributed by atoms with Crippen molar-refractivity contribution >= 4 is 60.2 Å². The maximum Gasteiger partial charge on any atom is 0.137 e. The average molecular weight is 1110 g/mol. The number of aryl methyl sites for hydroxylation is 4. The van der Waals surface area contributed by atoms with Crippen molar-refractivity contribution in [3.8, 4) is 23.6 Å². The zero-order valence-electron chi connectivity index (χ0n) is 49.0. The third kappa shape index (κ3) is 14.8. The van der Waals surface area contributed by atoms with Crippen LogP contribution >= 0.6 is 0 Å². The van der Waals surface area contributed by atoms with Crippen molar-refractivity contribution in [1.82, 2.24) is 28.5 Å². The molecule has 6 aromatic rings. The number of fused-ring (bicyclic) bond motifs is 2. The summed E-state index contributed by atoms with van der Waals surface area (Å²) < 4.78 is 61.4. The molecule has 0 aliphatic heterocycles. The normalized spacial score (nSPS) is 14.8. The topological polar surface area (TPSA) is 178 Å². The molecule has 0 bridgehead atoms. The van der Waals surface area contributed by atoms with Crippen LogP contribution in [0.15, 0.2) is 60.7 Å². The Hall–Kier alpha value is -5.03. The van der Waals surface area contributed by atoms with E-state index in [2.05, 4.69) is 73.0 Å². The zero-order chi connectivity index (χ0) is 56.9. The fraction of sp³-hybridized carbons (Fsp3) is 0.517. The second-order valence-electron chi connectivity index (χ2n) is 24.6. The summed E-state index contributed by atoms with van der Waals surface area (Å²) in [4.78, 5) is 10.1. The quantitative estimate of drug-likeness (QED) is 0.0552. The number of nitriles is 2. The molecule has 4 atom stereocenters. The van der Waals surface area contributed by atoms with Gasteiger partial charge >= 0.3 is 0 Å². The molecule has 18 heteroatoms. The Kier molecular flexibility index (Phi) is 19.8. The van der Waals surface area contributed by atoms with Gasteiger partial charge in [-0.15, -0.1) is 0 Å². The van der Waals surface area contributed by atoms with Gasteiger partial charge in [0.15, 0.2) is 0 Å². The number of imidazole rings is 2. The molecular weight excluding hydrogens is 1020 g/mol. The van der Waals surface area contributed by atoms with Crippen molar-refractivity contribution in [2.45, 2.75) is 168 Å². The molecule has 0 amide bonds. The van der Waals surface area contributed by atoms with Crippen molar-refractivity contribution in [3.63, 3.8) is 0 Å². The minimum Gasteiger partial charge on any atom is -0.496 e. The summed E-state index contributed by atoms with van der Waals surface area (Å²) in [7, 11) is -2.11. The highest BCUT2D eigenvalue weighted by Crippen LogP contribution is 2.42. The van der Waals surface area contributed by atoms with Crippen molar-refractivity contribution in [1.29, 1.82) is 10.5 Å². The van der Waals surface area contributed by atoms with E-state index >= 15 is 0 Å². The van der Waals surface area contributed by atoms with Crippen LogP contribution in [-0.2, 0) is 56.0 Å². The first-order valence-electron chi connectivity index (χ1n) is 25.9. The van der Waals surface area contributed by atoms with E-state index in [0.29, 0.717) is 53.0 Å². The minimum atomic E-state index is -1.43. The van der Waals surface area contributed by atoms with Crippen molar-refractivity contribution in [2.75, 3.05) is 27.4 Å². The number of benzene rings is 4. The Morgan fingerprint density at radius 3 is 1.36 bits per heavy atom. The van der Waals surface area contributed by atoms with Gasteiger partial charge in [-0.3, -0.25) is 0 Å². The summed E-state index contributed by atoms with van der Waals surface area (Å²) in [5.41, 5.74) is 8.02. The fourth-order valence-corrected chi connectivity index (χ4v) is 12.3. The van der Waals surface area contributed by atoms with Crippen LogP contribution in [0, 0.1) is 50.4 Å². The maximum absolute atomic E-state index is 13.7. The number of hydrogen-bond donors (Lipinski definition) is 2. The SMILES string of the molecule is COc1cc(C)cc(C)c1C(C)(NS(=O)C(C)(C)C)c1nc2cc(C#N)ccc2n1COCC[Si](C)(C)C.COc1cc(C)cc(C)c1C(C)(NS(=O)C(C)(C)C)c1nc2ccc(C#N)cc2n1COCC[Si](C)(C)C. The lowest BCUT2D eigenvalue weighted by molar-refractivity contribution is 0.0855. The minimum absolute atomic E-state index is 0.262. The molecule has 0 saturated carbocycles. The Balaban J connectivity index is 0.000000281. The molecule has 0 aliphatic carbocycles. The highest BCUT2D eigenvalue weighted by atomic mass is 32.2. The molecule has 4 unspecified atom stereocenters. The van der Waals surface area contributed by atoms with Crippen LogP contribution in [0.25, 0.3) is 22.1 Å². The molecule has 0 saturated heterocycles. The maximum atomic E-state index is 13.7. The van der Waals surface area contributed by atoms with Crippen LogP contribution in [-0.4, -0.2) is 80.6 Å². The van der Waals surface area contributed by atoms with Gasteiger partial charge in [0.25, 0.3) is 0 Å². The van der Waals surface area contributed by atoms with Gasteiger partial charge in [0, 0.05) is 40.5 Å². The first-order valence-corrected chi connectivity index (χ1v) is 35.6. The van der Waals surface area contributed by atoms with E-state index in [1.807, 2.05) is 123 Å². The Labute approximate surface area is 460 Å². The summed E-state index contributed by atoms with van der Waals surface area (Å²) in [5, 5.41) is 19.1. The number of ether oxygens (including phenoxy) is 4. The Morgan fingerprint density at radius 1 is 0.566 bits per heavy atom. The average Bonchev–Trinajstić information content (AvgIpc) is 3.88. The van der Waals surface area contributed by atoms with E-state index in [4.69, 9.17) is 28.9 Å². The predicted octanol–water partition coefficient (Wildman–Crippen LogP) is 12.3. The molecule has 6 rings (SSSR count). The third-order valence-corrected chi connectivity index (χ3v) is 19.9. The fourth-order valence-electron chi connectivity index (χ4n) is 9.04. The Morgan fingerprint density at radius 2 is 0.961 bits per heavy atom. The third-order valence-electron chi connectivity index (χ3n) is 13.1. The van der Waals surface area contributed by atoms with E-state index in [1.54, 1.807) is 32.4 Å². The largest absolute Gasteiger partial charge is 0.496 e. The number of aromatic nitrogens is 4. The molecule has 0 radical (unpaired) electrons. The van der Waals surface area contributed by atoms with Crippen LogP contribution in [0.3, 0.4) is 0 Å². The highest BCUT2D eigenvalue weighted by Gasteiger charge is 2.43. The van der Waals surface area contributed by atoms with Gasteiger partial charge in [0.1, 0.15) is 47.7 Å². The van der Waals surface area contributed by atoms with E-state index in [-0.39, 0.29) is 13.5 Å². The van der Waals surface area contributed by atoms with Crippen molar-refractivity contribution < 1.29 is 27.4 Å². The Bertz CT molecular complexity index is 3090. The lowest BCUT2D eigenvalue weighted by Crippen LogP contribution is -2.49. The lowest BCUT2D eigenvalue weighted by Gasteiger charge is -2.36. The van der Waals surface area contributed by atoms with Gasteiger partial charge in [-0.25, -0.2) is 27.8 Å². The first-order chi connectivity index (χ1) is 35.2. The zero-order valence-corrected chi connectivity index (χ0v) is 52.6. The van der Waals surface area contributed by atoms with Gasteiger partial charge in [0.2, 0.25) is 0 Å². The van der Waals surface area contributed by atoms with Crippen LogP contribution < -0.4 is 18.9 Å². The summed E-state index contributed by atoms with van der Waals surface area (Å²) in [6, 6.07) is 25.7. The molecular formula is C58H84N8O6S2Si2. The lowest BCUT2D eigenvalue weighted by atomic mass is 9.86. The van der Waals surface area contributed by atoms with E-state index < -0.39 is 58.7 Å². The molecule has 0 spiro atoms. The number of nitrogens with one attached hydrogen (secondary N) is 2. The highest BCUT2D eigenvalue weighted by molar-refractivity contribution is 7.84.